The van der Waals surface area contributed by atoms with E-state index < -0.39 is 11.5 Å². The Labute approximate surface area is 221 Å². The van der Waals surface area contributed by atoms with Gasteiger partial charge in [-0.15, -0.1) is 10.2 Å². The van der Waals surface area contributed by atoms with Gasteiger partial charge in [-0.1, -0.05) is 34.1 Å². The number of anilines is 1. The number of aromatic nitrogens is 3. The second-order valence-corrected chi connectivity index (χ2v) is 11.7. The molecule has 37 heavy (non-hydrogen) atoms. The molecule has 0 aromatic carbocycles. The predicted octanol–water partition coefficient (Wildman–Crippen LogP) is 5.62. The normalized spacial score (nSPS) is 26.8. The van der Waals surface area contributed by atoms with Gasteiger partial charge in [-0.3, -0.25) is 9.88 Å². The van der Waals surface area contributed by atoms with E-state index in [9.17, 15) is 13.9 Å². The molecule has 2 aliphatic carbocycles. The highest BCUT2D eigenvalue weighted by molar-refractivity contribution is 6.14. The number of halogens is 2. The highest BCUT2D eigenvalue weighted by Crippen LogP contribution is 2.46. The highest BCUT2D eigenvalue weighted by Gasteiger charge is 2.47. The van der Waals surface area contributed by atoms with Crippen LogP contribution in [0.15, 0.2) is 30.5 Å². The molecule has 202 valence electrons. The van der Waals surface area contributed by atoms with E-state index in [-0.39, 0.29) is 30.4 Å². The summed E-state index contributed by atoms with van der Waals surface area (Å²) in [5, 5.41) is 18.3. The van der Waals surface area contributed by atoms with Gasteiger partial charge in [0, 0.05) is 31.8 Å². The predicted molar refractivity (Wildman–Crippen MR) is 145 cm³/mol. The summed E-state index contributed by atoms with van der Waals surface area (Å²) in [6.07, 6.45) is 10.0. The van der Waals surface area contributed by atoms with E-state index in [1.807, 2.05) is 0 Å². The van der Waals surface area contributed by atoms with Gasteiger partial charge in [-0.2, -0.15) is 8.78 Å². The van der Waals surface area contributed by atoms with Gasteiger partial charge in [0.2, 0.25) is 0 Å². The number of rotatable bonds is 4. The first-order chi connectivity index (χ1) is 16.9. The Hall–Kier alpha value is -2.13. The van der Waals surface area contributed by atoms with E-state index >= 15 is 0 Å². The van der Waals surface area contributed by atoms with Crippen molar-refractivity contribution in [2.24, 2.45) is 23.2 Å². The topological polar surface area (TPSA) is 88.2 Å². The maximum Gasteiger partial charge on any atom is 0.287 e. The molecule has 3 N–H and O–H groups in total. The summed E-state index contributed by atoms with van der Waals surface area (Å²) in [6, 6.07) is 6.14. The molecule has 3 aliphatic rings. The van der Waals surface area contributed by atoms with Gasteiger partial charge >= 0.3 is 0 Å². The van der Waals surface area contributed by atoms with E-state index in [2.05, 4.69) is 33.9 Å². The maximum atomic E-state index is 13.3. The second-order valence-electron chi connectivity index (χ2n) is 11.7. The molecule has 6 nitrogen and oxygen atoms in total. The Morgan fingerprint density at radius 1 is 1.08 bits per heavy atom. The van der Waals surface area contributed by atoms with Crippen molar-refractivity contribution in [3.05, 3.63) is 36.2 Å². The van der Waals surface area contributed by atoms with Gasteiger partial charge < -0.3 is 10.8 Å². The van der Waals surface area contributed by atoms with Crippen molar-refractivity contribution in [3.63, 3.8) is 0 Å². The zero-order valence-corrected chi connectivity index (χ0v) is 21.6. The fourth-order valence-electron chi connectivity index (χ4n) is 6.29. The van der Waals surface area contributed by atoms with Gasteiger partial charge in [0.25, 0.3) is 5.92 Å². The first kappa shape index (κ1) is 29.4. The summed E-state index contributed by atoms with van der Waals surface area (Å²) < 4.78 is 26.7. The molecule has 2 aromatic heterocycles. The van der Waals surface area contributed by atoms with Crippen molar-refractivity contribution in [2.45, 2.75) is 84.7 Å². The SMILES string of the molecule is C.CC(F)(F)c1ncccc1-c1ccc(N)nn1.[B]C(O)(C1CCCC(C)(C)C1)N1CC2CCCC2C1. The summed E-state index contributed by atoms with van der Waals surface area (Å²) in [5.41, 5.74) is 4.92. The lowest BCUT2D eigenvalue weighted by Gasteiger charge is -2.47. The summed E-state index contributed by atoms with van der Waals surface area (Å²) in [6.45, 7) is 7.47. The molecular weight excluding hydrogens is 471 g/mol. The molecule has 2 radical (unpaired) electrons. The van der Waals surface area contributed by atoms with E-state index in [4.69, 9.17) is 13.6 Å². The lowest BCUT2D eigenvalue weighted by molar-refractivity contribution is -0.0956. The number of alkyl halides is 2. The van der Waals surface area contributed by atoms with Crippen molar-refractivity contribution < 1.29 is 13.9 Å². The van der Waals surface area contributed by atoms with Crippen molar-refractivity contribution in [2.75, 3.05) is 18.8 Å². The number of likely N-dealkylation sites (tertiary alicyclic amines) is 1. The summed E-state index contributed by atoms with van der Waals surface area (Å²) in [4.78, 5) is 5.90. The Morgan fingerprint density at radius 2 is 1.76 bits per heavy atom. The fourth-order valence-corrected chi connectivity index (χ4v) is 6.29. The molecule has 3 heterocycles. The quantitative estimate of drug-likeness (QED) is 0.516. The molecule has 0 amide bonds. The average molecular weight is 513 g/mol. The number of nitrogens with zero attached hydrogens (tertiary/aromatic N) is 4. The van der Waals surface area contributed by atoms with Gasteiger partial charge in [-0.25, -0.2) is 0 Å². The van der Waals surface area contributed by atoms with E-state index in [0.717, 1.165) is 44.7 Å². The van der Waals surface area contributed by atoms with Crippen LogP contribution in [-0.2, 0) is 5.92 Å². The number of aliphatic hydroxyl groups is 1. The van der Waals surface area contributed by atoms with Crippen LogP contribution in [0.25, 0.3) is 11.3 Å². The maximum absolute atomic E-state index is 13.3. The first-order valence-corrected chi connectivity index (χ1v) is 13.1. The summed E-state index contributed by atoms with van der Waals surface area (Å²) >= 11 is 0. The molecular formula is C28H42BF2N5O. The fraction of sp³-hybridized carbons (Fsp3) is 0.679. The van der Waals surface area contributed by atoms with Crippen LogP contribution in [-0.4, -0.2) is 51.7 Å². The minimum absolute atomic E-state index is 0. The second kappa shape index (κ2) is 11.3. The molecule has 0 spiro atoms. The lowest BCUT2D eigenvalue weighted by Crippen LogP contribution is -2.55. The van der Waals surface area contributed by atoms with Crippen LogP contribution in [0.5, 0.6) is 0 Å². The Balaban J connectivity index is 0.000000201. The highest BCUT2D eigenvalue weighted by atomic mass is 19.3. The van der Waals surface area contributed by atoms with Crippen LogP contribution in [0.2, 0.25) is 0 Å². The van der Waals surface area contributed by atoms with Crippen LogP contribution < -0.4 is 5.73 Å². The molecule has 1 saturated heterocycles. The van der Waals surface area contributed by atoms with E-state index in [1.165, 1.54) is 56.5 Å². The largest absolute Gasteiger partial charge is 0.385 e. The van der Waals surface area contributed by atoms with Crippen molar-refractivity contribution in [1.29, 1.82) is 0 Å². The van der Waals surface area contributed by atoms with Crippen molar-refractivity contribution in [1.82, 2.24) is 20.1 Å². The van der Waals surface area contributed by atoms with Crippen LogP contribution in [0.3, 0.4) is 0 Å². The monoisotopic (exact) mass is 513 g/mol. The number of nitrogens with two attached hydrogens (primary N) is 1. The van der Waals surface area contributed by atoms with Crippen molar-refractivity contribution in [3.8, 4) is 11.3 Å². The number of pyridine rings is 1. The minimum Gasteiger partial charge on any atom is -0.385 e. The number of nitrogen functional groups attached to an aromatic ring is 1. The zero-order valence-electron chi connectivity index (χ0n) is 21.6. The molecule has 2 aromatic rings. The van der Waals surface area contributed by atoms with E-state index in [0.29, 0.717) is 11.1 Å². The number of hydrogen-bond donors (Lipinski definition) is 2. The van der Waals surface area contributed by atoms with Gasteiger partial charge in [-0.05, 0) is 79.5 Å². The molecule has 5 rings (SSSR count). The third-order valence-electron chi connectivity index (χ3n) is 8.22. The van der Waals surface area contributed by atoms with Crippen LogP contribution in [0, 0.1) is 23.2 Å². The third-order valence-corrected chi connectivity index (χ3v) is 8.22. The van der Waals surface area contributed by atoms with Crippen LogP contribution >= 0.6 is 0 Å². The van der Waals surface area contributed by atoms with Crippen molar-refractivity contribution >= 4 is 13.7 Å². The average Bonchev–Trinajstić information content (AvgIpc) is 3.42. The Morgan fingerprint density at radius 3 is 2.32 bits per heavy atom. The molecule has 0 bridgehead atoms. The lowest BCUT2D eigenvalue weighted by atomic mass is 9.63. The third kappa shape index (κ3) is 6.85. The van der Waals surface area contributed by atoms with E-state index in [1.54, 1.807) is 6.07 Å². The standard InChI is InChI=1S/C16H28BNO.C11H10F2N4.CH4/c1-15(2)8-4-7-14(9-15)16(17,19)18-10-12-5-3-6-13(12)11-18;1-11(12,13)10-7(3-2-6-15-10)8-4-5-9(14)17-16-8;/h12-14,19H,3-11H2,1-2H3;2-6H,1H3,(H2,14,17);1H4. The van der Waals surface area contributed by atoms with Gasteiger partial charge in [0.05, 0.1) is 11.3 Å². The Kier molecular flexibility index (Phi) is 9.00. The number of hydrogen-bond acceptors (Lipinski definition) is 6. The molecule has 2 saturated carbocycles. The summed E-state index contributed by atoms with van der Waals surface area (Å²) in [7, 11) is 6.40. The number of fused-ring (bicyclic) bond motifs is 1. The zero-order chi connectivity index (χ0) is 26.1. The Bertz CT molecular complexity index is 1020. The van der Waals surface area contributed by atoms with Gasteiger partial charge in [0.15, 0.2) is 0 Å². The molecule has 9 heteroatoms. The minimum atomic E-state index is -3.03. The van der Waals surface area contributed by atoms with Gasteiger partial charge in [0.1, 0.15) is 19.4 Å². The van der Waals surface area contributed by atoms with Crippen LogP contribution in [0.4, 0.5) is 14.6 Å². The molecule has 4 atom stereocenters. The molecule has 3 fully saturated rings. The first-order valence-electron chi connectivity index (χ1n) is 13.1. The smallest absolute Gasteiger partial charge is 0.287 e. The molecule has 4 unspecified atom stereocenters. The molecule has 1 aliphatic heterocycles. The van der Waals surface area contributed by atoms with Crippen LogP contribution in [0.1, 0.15) is 78.8 Å². The summed E-state index contributed by atoms with van der Waals surface area (Å²) in [5.74, 6) is -0.949.